The van der Waals surface area contributed by atoms with Crippen LogP contribution in [0, 0.1) is 0 Å². The highest BCUT2D eigenvalue weighted by atomic mass is 16.1. The van der Waals surface area contributed by atoms with Gasteiger partial charge in [0.2, 0.25) is 6.41 Å². The normalized spacial score (nSPS) is 11.6. The van der Waals surface area contributed by atoms with Gasteiger partial charge in [0.15, 0.2) is 0 Å². The predicted molar refractivity (Wildman–Crippen MR) is 89.4 cm³/mol. The highest BCUT2D eigenvalue weighted by molar-refractivity contribution is 5.64. The van der Waals surface area contributed by atoms with Crippen molar-refractivity contribution in [1.82, 2.24) is 5.32 Å². The number of amides is 1. The Kier molecular flexibility index (Phi) is 4.30. The number of carbonyl (C=O) groups excluding carboxylic acids is 1. The molecule has 108 valence electrons. The molecule has 0 aliphatic rings. The lowest BCUT2D eigenvalue weighted by molar-refractivity contribution is -0.110. The number of rotatable bonds is 5. The van der Waals surface area contributed by atoms with Crippen LogP contribution in [0.1, 0.15) is 17.2 Å². The maximum Gasteiger partial charge on any atom is 0.207 e. The third-order valence-corrected chi connectivity index (χ3v) is 3.72. The third kappa shape index (κ3) is 3.07. The molecule has 22 heavy (non-hydrogen) atoms. The van der Waals surface area contributed by atoms with Crippen LogP contribution in [0.3, 0.4) is 0 Å². The Bertz CT molecular complexity index is 721. The zero-order valence-corrected chi connectivity index (χ0v) is 12.1. The van der Waals surface area contributed by atoms with Crippen LogP contribution in [-0.4, -0.2) is 6.41 Å². The van der Waals surface area contributed by atoms with E-state index < -0.39 is 0 Å². The highest BCUT2D eigenvalue weighted by Gasteiger charge is 2.12. The first-order valence-corrected chi connectivity index (χ1v) is 7.28. The van der Waals surface area contributed by atoms with E-state index in [0.717, 1.165) is 17.5 Å². The van der Waals surface area contributed by atoms with Gasteiger partial charge < -0.3 is 5.32 Å². The molecule has 0 aromatic heterocycles. The molecule has 0 fully saturated rings. The van der Waals surface area contributed by atoms with Crippen LogP contribution in [-0.2, 0) is 4.79 Å². The summed E-state index contributed by atoms with van der Waals surface area (Å²) >= 11 is 0. The van der Waals surface area contributed by atoms with Gasteiger partial charge in [-0.1, -0.05) is 84.9 Å². The Balaban J connectivity index is 1.91. The van der Waals surface area contributed by atoms with Gasteiger partial charge in [0.25, 0.3) is 0 Å². The van der Waals surface area contributed by atoms with Gasteiger partial charge >= 0.3 is 0 Å². The van der Waals surface area contributed by atoms with E-state index in [1.54, 1.807) is 0 Å². The van der Waals surface area contributed by atoms with Gasteiger partial charge in [-0.25, -0.2) is 0 Å². The Hall–Kier alpha value is -2.87. The summed E-state index contributed by atoms with van der Waals surface area (Å²) in [6.45, 7) is 0. The summed E-state index contributed by atoms with van der Waals surface area (Å²) in [5, 5.41) is 2.89. The number of hydrogen-bond acceptors (Lipinski definition) is 1. The fourth-order valence-corrected chi connectivity index (χ4v) is 2.60. The van der Waals surface area contributed by atoms with Gasteiger partial charge in [-0.15, -0.1) is 0 Å². The van der Waals surface area contributed by atoms with Crippen molar-refractivity contribution < 1.29 is 4.79 Å². The lowest BCUT2D eigenvalue weighted by Crippen LogP contribution is -2.20. The molecule has 1 unspecified atom stereocenters. The van der Waals surface area contributed by atoms with Crippen molar-refractivity contribution >= 4 is 6.41 Å². The summed E-state index contributed by atoms with van der Waals surface area (Å²) in [7, 11) is 0. The molecule has 0 saturated carbocycles. The van der Waals surface area contributed by atoms with Crippen LogP contribution in [0.4, 0.5) is 0 Å². The Morgan fingerprint density at radius 2 is 1.14 bits per heavy atom. The van der Waals surface area contributed by atoms with Gasteiger partial charge in [0.05, 0.1) is 6.04 Å². The van der Waals surface area contributed by atoms with E-state index >= 15 is 0 Å². The molecule has 1 amide bonds. The molecule has 0 aliphatic heterocycles. The Morgan fingerprint density at radius 3 is 1.73 bits per heavy atom. The van der Waals surface area contributed by atoms with E-state index in [2.05, 4.69) is 41.7 Å². The molecule has 1 N–H and O–H groups in total. The number of nitrogens with one attached hydrogen (secondary N) is 1. The van der Waals surface area contributed by atoms with Gasteiger partial charge in [-0.3, -0.25) is 4.79 Å². The topological polar surface area (TPSA) is 29.1 Å². The summed E-state index contributed by atoms with van der Waals surface area (Å²) in [5.41, 5.74) is 4.50. The van der Waals surface area contributed by atoms with Crippen LogP contribution >= 0.6 is 0 Å². The first kappa shape index (κ1) is 14.1. The molecule has 0 heterocycles. The van der Waals surface area contributed by atoms with Crippen molar-refractivity contribution in [3.05, 3.63) is 96.1 Å². The van der Waals surface area contributed by atoms with Crippen molar-refractivity contribution in [2.24, 2.45) is 0 Å². The highest BCUT2D eigenvalue weighted by Crippen LogP contribution is 2.25. The standard InChI is InChI=1S/C20H17NO/c22-15-21-20(18-9-5-2-6-10-18)19-13-11-17(12-14-19)16-7-3-1-4-8-16/h1-15,20H,(H,21,22). The summed E-state index contributed by atoms with van der Waals surface area (Å²) in [6.07, 6.45) is 0.753. The van der Waals surface area contributed by atoms with Gasteiger partial charge in [-0.2, -0.15) is 0 Å². The minimum Gasteiger partial charge on any atom is -0.348 e. The van der Waals surface area contributed by atoms with Crippen LogP contribution in [0.2, 0.25) is 0 Å². The van der Waals surface area contributed by atoms with Crippen LogP contribution in [0.15, 0.2) is 84.9 Å². The van der Waals surface area contributed by atoms with Gasteiger partial charge in [-0.05, 0) is 22.3 Å². The molecule has 3 aromatic rings. The monoisotopic (exact) mass is 287 g/mol. The van der Waals surface area contributed by atoms with E-state index in [-0.39, 0.29) is 6.04 Å². The average Bonchev–Trinajstić information content (AvgIpc) is 2.61. The maximum atomic E-state index is 10.9. The second-order valence-electron chi connectivity index (χ2n) is 5.12. The second kappa shape index (κ2) is 6.72. The predicted octanol–water partition coefficient (Wildman–Crippen LogP) is 4.19. The Morgan fingerprint density at radius 1 is 0.636 bits per heavy atom. The molecule has 0 radical (unpaired) electrons. The summed E-state index contributed by atoms with van der Waals surface area (Å²) < 4.78 is 0. The first-order valence-electron chi connectivity index (χ1n) is 7.28. The van der Waals surface area contributed by atoms with Crippen molar-refractivity contribution in [3.63, 3.8) is 0 Å². The first-order chi connectivity index (χ1) is 10.9. The molecule has 0 bridgehead atoms. The van der Waals surface area contributed by atoms with E-state index in [1.807, 2.05) is 48.5 Å². The lowest BCUT2D eigenvalue weighted by atomic mass is 9.96. The van der Waals surface area contributed by atoms with E-state index in [0.29, 0.717) is 0 Å². The molecule has 3 rings (SSSR count). The van der Waals surface area contributed by atoms with Crippen molar-refractivity contribution in [3.8, 4) is 11.1 Å². The number of carbonyl (C=O) groups is 1. The van der Waals surface area contributed by atoms with Crippen molar-refractivity contribution in [2.75, 3.05) is 0 Å². The molecule has 0 spiro atoms. The zero-order chi connectivity index (χ0) is 15.2. The molecule has 1 atom stereocenters. The Labute approximate surface area is 130 Å². The smallest absolute Gasteiger partial charge is 0.207 e. The summed E-state index contributed by atoms with van der Waals surface area (Å²) in [4.78, 5) is 10.9. The zero-order valence-electron chi connectivity index (χ0n) is 12.1. The molecular formula is C20H17NO. The largest absolute Gasteiger partial charge is 0.348 e. The van der Waals surface area contributed by atoms with Crippen molar-refractivity contribution in [1.29, 1.82) is 0 Å². The third-order valence-electron chi connectivity index (χ3n) is 3.72. The SMILES string of the molecule is O=CNC(c1ccccc1)c1ccc(-c2ccccc2)cc1. The van der Waals surface area contributed by atoms with E-state index in [1.165, 1.54) is 11.1 Å². The quantitative estimate of drug-likeness (QED) is 0.700. The summed E-state index contributed by atoms with van der Waals surface area (Å²) in [5.74, 6) is 0. The van der Waals surface area contributed by atoms with Crippen molar-refractivity contribution in [2.45, 2.75) is 6.04 Å². The van der Waals surface area contributed by atoms with Gasteiger partial charge in [0.1, 0.15) is 0 Å². The average molecular weight is 287 g/mol. The maximum absolute atomic E-state index is 10.9. The fourth-order valence-electron chi connectivity index (χ4n) is 2.60. The fraction of sp³-hybridized carbons (Fsp3) is 0.0500. The lowest BCUT2D eigenvalue weighted by Gasteiger charge is -2.17. The molecule has 3 aromatic carbocycles. The van der Waals surface area contributed by atoms with E-state index in [4.69, 9.17) is 0 Å². The number of benzene rings is 3. The summed E-state index contributed by atoms with van der Waals surface area (Å²) in [6, 6.07) is 28.4. The number of hydrogen-bond donors (Lipinski definition) is 1. The molecule has 2 heteroatoms. The minimum atomic E-state index is -0.122. The van der Waals surface area contributed by atoms with E-state index in [9.17, 15) is 4.79 Å². The second-order valence-corrected chi connectivity index (χ2v) is 5.12. The van der Waals surface area contributed by atoms with Crippen LogP contribution in [0.25, 0.3) is 11.1 Å². The van der Waals surface area contributed by atoms with Crippen LogP contribution in [0.5, 0.6) is 0 Å². The molecule has 0 aliphatic carbocycles. The molecular weight excluding hydrogens is 270 g/mol. The minimum absolute atomic E-state index is 0.122. The van der Waals surface area contributed by atoms with Crippen LogP contribution < -0.4 is 5.32 Å². The van der Waals surface area contributed by atoms with Gasteiger partial charge in [0, 0.05) is 0 Å². The molecule has 2 nitrogen and oxygen atoms in total. The molecule has 0 saturated heterocycles.